The first-order chi connectivity index (χ1) is 19.9. The number of H-pyrrole nitrogens is 1. The number of nitrogens with one attached hydrogen (secondary N) is 2. The number of halogens is 2. The van der Waals surface area contributed by atoms with Gasteiger partial charge in [0.2, 0.25) is 5.91 Å². The van der Waals surface area contributed by atoms with Gasteiger partial charge < -0.3 is 30.2 Å². The first-order valence-corrected chi connectivity index (χ1v) is 13.7. The predicted molar refractivity (Wildman–Crippen MR) is 159 cm³/mol. The molecule has 1 atom stereocenters. The summed E-state index contributed by atoms with van der Waals surface area (Å²) in [7, 11) is 0. The third-order valence-electron chi connectivity index (χ3n) is 5.81. The average molecular weight is 613 g/mol. The molecular weight excluding hydrogens is 583 g/mol. The molecule has 0 saturated heterocycles. The van der Waals surface area contributed by atoms with Gasteiger partial charge in [0.1, 0.15) is 30.7 Å². The summed E-state index contributed by atoms with van der Waals surface area (Å²) in [4.78, 5) is 45.2. The number of primary amides is 1. The van der Waals surface area contributed by atoms with Crippen molar-refractivity contribution >= 4 is 52.0 Å². The number of carbonyl (C=O) groups is 3. The average Bonchev–Trinajstić information content (AvgIpc) is 3.33. The smallest absolute Gasteiger partial charge is 0.329 e. The Kier molecular flexibility index (Phi) is 9.59. The van der Waals surface area contributed by atoms with Crippen molar-refractivity contribution in [3.63, 3.8) is 0 Å². The highest BCUT2D eigenvalue weighted by atomic mass is 35.5. The van der Waals surface area contributed by atoms with Crippen molar-refractivity contribution in [2.24, 2.45) is 5.73 Å². The van der Waals surface area contributed by atoms with Crippen LogP contribution in [0.5, 0.6) is 11.5 Å². The van der Waals surface area contributed by atoms with Gasteiger partial charge in [0.05, 0.1) is 17.5 Å². The molecule has 42 heavy (non-hydrogen) atoms. The second-order valence-electron chi connectivity index (χ2n) is 10.4. The molecule has 2 amide bonds. The van der Waals surface area contributed by atoms with Crippen LogP contribution in [0.2, 0.25) is 10.0 Å². The number of ether oxygens (including phenoxy) is 3. The van der Waals surface area contributed by atoms with Crippen LogP contribution in [0.3, 0.4) is 0 Å². The summed E-state index contributed by atoms with van der Waals surface area (Å²) in [6.07, 6.45) is -0.433. The van der Waals surface area contributed by atoms with E-state index < -0.39 is 35.8 Å². The van der Waals surface area contributed by atoms with E-state index in [-0.39, 0.29) is 24.5 Å². The van der Waals surface area contributed by atoms with E-state index in [9.17, 15) is 14.4 Å². The lowest BCUT2D eigenvalue weighted by atomic mass is 10.1. The minimum absolute atomic E-state index is 0.0459. The normalized spacial score (nSPS) is 12.0. The maximum atomic E-state index is 13.2. The minimum atomic E-state index is -1.28. The molecule has 10 nitrogen and oxygen atoms in total. The van der Waals surface area contributed by atoms with Gasteiger partial charge in [-0.1, -0.05) is 41.4 Å². The van der Waals surface area contributed by atoms with Crippen LogP contribution in [-0.2, 0) is 27.5 Å². The Morgan fingerprint density at radius 2 is 1.71 bits per heavy atom. The molecule has 1 unspecified atom stereocenters. The summed E-state index contributed by atoms with van der Waals surface area (Å²) in [5.74, 6) is -1.05. The minimum Gasteiger partial charge on any atom is -0.485 e. The molecule has 12 heteroatoms. The first-order valence-electron chi connectivity index (χ1n) is 13.0. The molecule has 0 aliphatic rings. The number of nitrogens with zero attached hydrogens (tertiary/aromatic N) is 1. The number of aromatic amines is 1. The van der Waals surface area contributed by atoms with Crippen LogP contribution >= 0.6 is 23.2 Å². The Labute approximate surface area is 252 Å². The number of hydrogen-bond donors (Lipinski definition) is 3. The summed E-state index contributed by atoms with van der Waals surface area (Å²) in [5.41, 5.74) is 6.95. The fraction of sp³-hybridized carbons (Fsp3) is 0.267. The Bertz CT molecular complexity index is 1580. The lowest BCUT2D eigenvalue weighted by Gasteiger charge is -2.24. The Balaban J connectivity index is 1.57. The number of fused-ring (bicyclic) bond motifs is 1. The summed E-state index contributed by atoms with van der Waals surface area (Å²) >= 11 is 12.3. The zero-order valence-corrected chi connectivity index (χ0v) is 24.7. The van der Waals surface area contributed by atoms with Crippen molar-refractivity contribution in [1.82, 2.24) is 15.3 Å². The quantitative estimate of drug-likeness (QED) is 0.194. The van der Waals surface area contributed by atoms with Crippen molar-refractivity contribution in [2.45, 2.75) is 52.0 Å². The molecule has 0 spiro atoms. The number of hydrogen-bond acceptors (Lipinski definition) is 7. The lowest BCUT2D eigenvalue weighted by Crippen LogP contribution is -2.46. The number of aromatic nitrogens is 2. The summed E-state index contributed by atoms with van der Waals surface area (Å²) < 4.78 is 17.4. The van der Waals surface area contributed by atoms with Gasteiger partial charge in [0.15, 0.2) is 11.5 Å². The topological polar surface area (TPSA) is 146 Å². The molecule has 3 aromatic carbocycles. The van der Waals surface area contributed by atoms with Gasteiger partial charge in [-0.15, -0.1) is 0 Å². The van der Waals surface area contributed by atoms with E-state index in [1.807, 2.05) is 24.3 Å². The molecular formula is C30H30Cl2N4O6. The second-order valence-corrected chi connectivity index (χ2v) is 11.2. The fourth-order valence-electron chi connectivity index (χ4n) is 3.90. The molecule has 220 valence electrons. The monoisotopic (exact) mass is 612 g/mol. The molecule has 4 rings (SSSR count). The van der Waals surface area contributed by atoms with Gasteiger partial charge >= 0.3 is 5.97 Å². The van der Waals surface area contributed by atoms with E-state index in [2.05, 4.69) is 15.3 Å². The van der Waals surface area contributed by atoms with E-state index in [0.717, 1.165) is 11.0 Å². The summed E-state index contributed by atoms with van der Waals surface area (Å²) in [5, 5.41) is 3.42. The van der Waals surface area contributed by atoms with Gasteiger partial charge in [0.25, 0.3) is 5.91 Å². The molecule has 0 bridgehead atoms. The second kappa shape index (κ2) is 13.1. The van der Waals surface area contributed by atoms with Crippen molar-refractivity contribution in [2.75, 3.05) is 0 Å². The van der Waals surface area contributed by atoms with Gasteiger partial charge in [0, 0.05) is 21.2 Å². The highest BCUT2D eigenvalue weighted by Crippen LogP contribution is 2.31. The molecule has 4 N–H and O–H groups in total. The van der Waals surface area contributed by atoms with Crippen LogP contribution < -0.4 is 20.5 Å². The SMILES string of the molecule is CC(C)(C)OC(=O)C(CC(N)=O)NC(=O)c1ccc(OCc2nc3ccccc3[nH]2)c(OCc2ccc(Cl)cc2Cl)c1. The third kappa shape index (κ3) is 8.37. The lowest BCUT2D eigenvalue weighted by molar-refractivity contribution is -0.158. The maximum absolute atomic E-state index is 13.2. The van der Waals surface area contributed by atoms with Crippen LogP contribution in [0.4, 0.5) is 0 Å². The Hall–Kier alpha value is -4.28. The third-order valence-corrected chi connectivity index (χ3v) is 6.40. The van der Waals surface area contributed by atoms with Crippen molar-refractivity contribution in [3.05, 3.63) is 87.7 Å². The molecule has 0 saturated carbocycles. The van der Waals surface area contributed by atoms with Gasteiger partial charge in [-0.3, -0.25) is 9.59 Å². The zero-order chi connectivity index (χ0) is 30.4. The van der Waals surface area contributed by atoms with Gasteiger partial charge in [-0.05, 0) is 63.2 Å². The number of imidazole rings is 1. The summed E-state index contributed by atoms with van der Waals surface area (Å²) in [6.45, 7) is 5.17. The molecule has 0 aliphatic heterocycles. The van der Waals surface area contributed by atoms with E-state index in [4.69, 9.17) is 43.1 Å². The van der Waals surface area contributed by atoms with E-state index in [1.165, 1.54) is 12.1 Å². The number of rotatable bonds is 11. The van der Waals surface area contributed by atoms with Crippen LogP contribution in [-0.4, -0.2) is 39.4 Å². The fourth-order valence-corrected chi connectivity index (χ4v) is 4.37. The zero-order valence-electron chi connectivity index (χ0n) is 23.2. The van der Waals surface area contributed by atoms with E-state index in [0.29, 0.717) is 27.2 Å². The number of esters is 1. The van der Waals surface area contributed by atoms with Crippen molar-refractivity contribution in [3.8, 4) is 11.5 Å². The molecule has 0 aliphatic carbocycles. The van der Waals surface area contributed by atoms with Crippen LogP contribution in [0.1, 0.15) is 48.9 Å². The summed E-state index contributed by atoms with van der Waals surface area (Å²) in [6, 6.07) is 15.8. The standard InChI is InChI=1S/C30H30Cl2N4O6/c1-30(2,3)42-29(39)23(14-26(33)37)36-28(38)17-9-11-24(41-16-27-34-21-6-4-5-7-22(21)35-27)25(12-17)40-15-18-8-10-19(31)13-20(18)32/h4-13,23H,14-16H2,1-3H3,(H2,33,37)(H,34,35)(H,36,38). The largest absolute Gasteiger partial charge is 0.485 e. The first kappa shape index (κ1) is 30.7. The van der Waals surface area contributed by atoms with Crippen LogP contribution in [0, 0.1) is 0 Å². The number of carbonyl (C=O) groups excluding carboxylic acids is 3. The highest BCUT2D eigenvalue weighted by Gasteiger charge is 2.29. The van der Waals surface area contributed by atoms with Crippen LogP contribution in [0.25, 0.3) is 11.0 Å². The maximum Gasteiger partial charge on any atom is 0.329 e. The number of para-hydroxylation sites is 2. The molecule has 0 radical (unpaired) electrons. The van der Waals surface area contributed by atoms with E-state index in [1.54, 1.807) is 45.0 Å². The Morgan fingerprint density at radius 3 is 2.40 bits per heavy atom. The Morgan fingerprint density at radius 1 is 0.976 bits per heavy atom. The molecule has 1 aromatic heterocycles. The van der Waals surface area contributed by atoms with Gasteiger partial charge in [-0.2, -0.15) is 0 Å². The van der Waals surface area contributed by atoms with Gasteiger partial charge in [-0.25, -0.2) is 9.78 Å². The van der Waals surface area contributed by atoms with Crippen molar-refractivity contribution < 1.29 is 28.6 Å². The number of amides is 2. The van der Waals surface area contributed by atoms with Crippen molar-refractivity contribution in [1.29, 1.82) is 0 Å². The van der Waals surface area contributed by atoms with E-state index >= 15 is 0 Å². The predicted octanol–water partition coefficient (Wildman–Crippen LogP) is 5.34. The molecule has 0 fully saturated rings. The highest BCUT2D eigenvalue weighted by molar-refractivity contribution is 6.35. The molecule has 4 aromatic rings. The molecule has 1 heterocycles. The number of benzene rings is 3. The van der Waals surface area contributed by atoms with Crippen LogP contribution in [0.15, 0.2) is 60.7 Å². The number of nitrogens with two attached hydrogens (primary N) is 1.